The van der Waals surface area contributed by atoms with Gasteiger partial charge in [-0.1, -0.05) is 61.8 Å². The fraction of sp³-hybridized carbons (Fsp3) is 0.955. The molecule has 1 rings (SSSR count). The van der Waals surface area contributed by atoms with Crippen LogP contribution in [-0.2, 0) is 9.53 Å². The van der Waals surface area contributed by atoms with Crippen molar-refractivity contribution in [3.63, 3.8) is 0 Å². The molecule has 25 heavy (non-hydrogen) atoms. The molecule has 1 N–H and O–H groups in total. The fourth-order valence-corrected chi connectivity index (χ4v) is 4.31. The van der Waals surface area contributed by atoms with Gasteiger partial charge >= 0.3 is 0 Å². The first-order valence-corrected chi connectivity index (χ1v) is 10.7. The van der Waals surface area contributed by atoms with E-state index < -0.39 is 0 Å². The van der Waals surface area contributed by atoms with Gasteiger partial charge in [0, 0.05) is 12.5 Å². The molecule has 0 aromatic carbocycles. The summed E-state index contributed by atoms with van der Waals surface area (Å²) in [6, 6.07) is 0.257. The zero-order valence-electron chi connectivity index (χ0n) is 18.0. The summed E-state index contributed by atoms with van der Waals surface area (Å²) >= 11 is 0. The lowest BCUT2D eigenvalue weighted by Crippen LogP contribution is -2.46. The number of ether oxygens (including phenoxy) is 1. The summed E-state index contributed by atoms with van der Waals surface area (Å²) in [5.41, 5.74) is 0. The lowest BCUT2D eigenvalue weighted by molar-refractivity contribution is -0.138. The molecule has 1 fully saturated rings. The molecule has 1 amide bonds. The Kier molecular flexibility index (Phi) is 9.48. The molecule has 1 saturated heterocycles. The second-order valence-electron chi connectivity index (χ2n) is 8.55. The largest absolute Gasteiger partial charge is 0.374 e. The molecule has 3 nitrogen and oxygen atoms in total. The number of hydrogen-bond donors (Lipinski definition) is 1. The van der Waals surface area contributed by atoms with Gasteiger partial charge in [-0.25, -0.2) is 0 Å². The maximum absolute atomic E-state index is 12.0. The van der Waals surface area contributed by atoms with Gasteiger partial charge in [-0.2, -0.15) is 0 Å². The average molecular weight is 354 g/mol. The van der Waals surface area contributed by atoms with Crippen LogP contribution in [0.3, 0.4) is 0 Å². The molecule has 1 aliphatic rings. The van der Waals surface area contributed by atoms with E-state index in [2.05, 4.69) is 53.8 Å². The molecular formula is C22H43NO2. The number of carbonyl (C=O) groups excluding carboxylic acids is 1. The second-order valence-corrected chi connectivity index (χ2v) is 8.55. The Hall–Kier alpha value is -0.570. The van der Waals surface area contributed by atoms with Crippen LogP contribution < -0.4 is 5.32 Å². The van der Waals surface area contributed by atoms with E-state index in [9.17, 15) is 4.79 Å². The van der Waals surface area contributed by atoms with E-state index in [0.717, 1.165) is 25.7 Å². The minimum atomic E-state index is 0.172. The summed E-state index contributed by atoms with van der Waals surface area (Å²) in [6.45, 7) is 18.0. The molecule has 2 unspecified atom stereocenters. The summed E-state index contributed by atoms with van der Waals surface area (Å²) in [6.07, 6.45) is 5.57. The van der Waals surface area contributed by atoms with Gasteiger partial charge in [-0.05, 0) is 48.9 Å². The topological polar surface area (TPSA) is 38.3 Å². The lowest BCUT2D eigenvalue weighted by Gasteiger charge is -2.44. The summed E-state index contributed by atoms with van der Waals surface area (Å²) in [7, 11) is 0. The van der Waals surface area contributed by atoms with Crippen LogP contribution in [0.5, 0.6) is 0 Å². The first kappa shape index (κ1) is 22.5. The van der Waals surface area contributed by atoms with Gasteiger partial charge < -0.3 is 10.1 Å². The minimum absolute atomic E-state index is 0.172. The summed E-state index contributed by atoms with van der Waals surface area (Å²) in [5, 5.41) is 3.29. The molecule has 0 saturated carbocycles. The van der Waals surface area contributed by atoms with Crippen LogP contribution >= 0.6 is 0 Å². The monoisotopic (exact) mass is 353 g/mol. The third-order valence-electron chi connectivity index (χ3n) is 7.19. The molecule has 0 bridgehead atoms. The molecule has 1 heterocycles. The Morgan fingerprint density at radius 1 is 1.00 bits per heavy atom. The molecule has 0 radical (unpaired) electrons. The van der Waals surface area contributed by atoms with Crippen molar-refractivity contribution in [2.45, 2.75) is 106 Å². The highest BCUT2D eigenvalue weighted by Crippen LogP contribution is 2.38. The maximum Gasteiger partial charge on any atom is 0.219 e. The van der Waals surface area contributed by atoms with Gasteiger partial charge in [0.25, 0.3) is 0 Å². The van der Waals surface area contributed by atoms with Crippen molar-refractivity contribution in [3.05, 3.63) is 0 Å². The predicted octanol–water partition coefficient (Wildman–Crippen LogP) is 5.43. The Balaban J connectivity index is 2.75. The normalized spacial score (nSPS) is 33.5. The molecule has 0 aliphatic carbocycles. The van der Waals surface area contributed by atoms with Crippen LogP contribution in [0, 0.1) is 29.6 Å². The third kappa shape index (κ3) is 5.98. The van der Waals surface area contributed by atoms with Crippen molar-refractivity contribution in [3.8, 4) is 0 Å². The molecule has 0 spiro atoms. The van der Waals surface area contributed by atoms with Crippen LogP contribution in [0.25, 0.3) is 0 Å². The number of amides is 1. The molecule has 0 aromatic heterocycles. The van der Waals surface area contributed by atoms with Crippen molar-refractivity contribution < 1.29 is 9.53 Å². The fourth-order valence-electron chi connectivity index (χ4n) is 4.31. The van der Waals surface area contributed by atoms with Gasteiger partial charge in [-0.15, -0.1) is 0 Å². The van der Waals surface area contributed by atoms with Gasteiger partial charge in [0.05, 0.1) is 12.2 Å². The van der Waals surface area contributed by atoms with Crippen LogP contribution in [0.15, 0.2) is 0 Å². The average Bonchev–Trinajstić information content (AvgIpc) is 2.62. The molecule has 0 aromatic rings. The van der Waals surface area contributed by atoms with E-state index in [4.69, 9.17) is 4.74 Å². The Morgan fingerprint density at radius 2 is 1.60 bits per heavy atom. The van der Waals surface area contributed by atoms with Gasteiger partial charge in [0.2, 0.25) is 5.91 Å². The SMILES string of the molecule is CCC(=O)N[C@@H](CC[C@H]1OC(CC)[C@H](C)[C@H](C)C1C)[C@H](C)[C@H](C)CC. The zero-order chi connectivity index (χ0) is 19.1. The number of hydrogen-bond acceptors (Lipinski definition) is 2. The summed E-state index contributed by atoms with van der Waals surface area (Å²) in [5.74, 6) is 3.20. The van der Waals surface area contributed by atoms with E-state index in [1.807, 2.05) is 6.92 Å². The number of rotatable bonds is 9. The van der Waals surface area contributed by atoms with Crippen molar-refractivity contribution in [1.29, 1.82) is 0 Å². The van der Waals surface area contributed by atoms with Crippen LogP contribution in [0.2, 0.25) is 0 Å². The molecule has 3 heteroatoms. The first-order valence-electron chi connectivity index (χ1n) is 10.7. The molecule has 1 aliphatic heterocycles. The molecular weight excluding hydrogens is 310 g/mol. The quantitative estimate of drug-likeness (QED) is 0.600. The number of carbonyl (C=O) groups is 1. The third-order valence-corrected chi connectivity index (χ3v) is 7.19. The first-order chi connectivity index (χ1) is 11.8. The standard InChI is InChI=1S/C22H43NO2/c1-9-14(4)15(5)19(23-22(24)11-3)12-13-21-18(8)16(6)17(7)20(10-2)25-21/h14-21H,9-13H2,1-8H3,(H,23,24)/t14-,15-,16+,17-,18?,19+,20?,21-/m1/s1. The minimum Gasteiger partial charge on any atom is -0.374 e. The van der Waals surface area contributed by atoms with Crippen molar-refractivity contribution in [1.82, 2.24) is 5.32 Å². The van der Waals surface area contributed by atoms with E-state index in [1.54, 1.807) is 0 Å². The van der Waals surface area contributed by atoms with Crippen LogP contribution in [-0.4, -0.2) is 24.2 Å². The Labute approximate surface area is 156 Å². The smallest absolute Gasteiger partial charge is 0.219 e. The second kappa shape index (κ2) is 10.5. The lowest BCUT2D eigenvalue weighted by atomic mass is 9.74. The maximum atomic E-state index is 12.0. The molecule has 8 atom stereocenters. The van der Waals surface area contributed by atoms with Crippen molar-refractivity contribution in [2.24, 2.45) is 29.6 Å². The zero-order valence-corrected chi connectivity index (χ0v) is 18.0. The highest BCUT2D eigenvalue weighted by Gasteiger charge is 2.38. The van der Waals surface area contributed by atoms with Gasteiger partial charge in [0.1, 0.15) is 0 Å². The van der Waals surface area contributed by atoms with E-state index >= 15 is 0 Å². The summed E-state index contributed by atoms with van der Waals surface area (Å²) < 4.78 is 6.47. The van der Waals surface area contributed by atoms with E-state index in [-0.39, 0.29) is 11.9 Å². The van der Waals surface area contributed by atoms with Crippen molar-refractivity contribution in [2.75, 3.05) is 0 Å². The molecule has 148 valence electrons. The predicted molar refractivity (Wildman–Crippen MR) is 107 cm³/mol. The van der Waals surface area contributed by atoms with Gasteiger partial charge in [0.15, 0.2) is 0 Å². The van der Waals surface area contributed by atoms with E-state index in [0.29, 0.717) is 48.2 Å². The van der Waals surface area contributed by atoms with Crippen LogP contribution in [0.4, 0.5) is 0 Å². The highest BCUT2D eigenvalue weighted by atomic mass is 16.5. The number of nitrogens with one attached hydrogen (secondary N) is 1. The Bertz CT molecular complexity index is 395. The van der Waals surface area contributed by atoms with Crippen LogP contribution in [0.1, 0.15) is 87.5 Å². The Morgan fingerprint density at radius 3 is 2.12 bits per heavy atom. The summed E-state index contributed by atoms with van der Waals surface area (Å²) in [4.78, 5) is 12.0. The van der Waals surface area contributed by atoms with Gasteiger partial charge in [-0.3, -0.25) is 4.79 Å². The highest BCUT2D eigenvalue weighted by molar-refractivity contribution is 5.75. The van der Waals surface area contributed by atoms with Crippen molar-refractivity contribution >= 4 is 5.91 Å². The van der Waals surface area contributed by atoms with E-state index in [1.165, 1.54) is 0 Å².